The molecule has 0 spiro atoms. The molecule has 8 nitrogen and oxygen atoms in total. The van der Waals surface area contributed by atoms with Gasteiger partial charge in [-0.05, 0) is 17.7 Å². The first kappa shape index (κ1) is 22.2. The van der Waals surface area contributed by atoms with E-state index in [2.05, 4.69) is 4.74 Å². The highest BCUT2D eigenvalue weighted by molar-refractivity contribution is 5.93. The lowest BCUT2D eigenvalue weighted by Gasteiger charge is -2.26. The molecule has 5 rings (SSSR count). The van der Waals surface area contributed by atoms with Crippen LogP contribution < -0.4 is 14.9 Å². The molecule has 0 fully saturated rings. The summed E-state index contributed by atoms with van der Waals surface area (Å²) in [5.74, 6) is -1.07. The summed E-state index contributed by atoms with van der Waals surface area (Å²) < 4.78 is 21.7. The van der Waals surface area contributed by atoms with Crippen molar-refractivity contribution in [2.75, 3.05) is 13.7 Å². The van der Waals surface area contributed by atoms with Gasteiger partial charge in [0.05, 0.1) is 13.5 Å². The zero-order valence-corrected chi connectivity index (χ0v) is 18.6. The molecule has 0 radical (unpaired) electrons. The van der Waals surface area contributed by atoms with Gasteiger partial charge in [-0.15, -0.1) is 0 Å². The summed E-state index contributed by atoms with van der Waals surface area (Å²) in [6.07, 6.45) is -0.0212. The molecule has 1 N–H and O–H groups in total. The van der Waals surface area contributed by atoms with Gasteiger partial charge in [0.1, 0.15) is 34.0 Å². The molecule has 4 aromatic rings. The number of hydrogen-bond donors (Lipinski definition) is 1. The van der Waals surface area contributed by atoms with Gasteiger partial charge < -0.3 is 23.7 Å². The van der Waals surface area contributed by atoms with E-state index in [1.807, 2.05) is 18.2 Å². The number of rotatable bonds is 5. The van der Waals surface area contributed by atoms with Crippen molar-refractivity contribution in [3.63, 3.8) is 0 Å². The van der Waals surface area contributed by atoms with E-state index in [9.17, 15) is 19.5 Å². The van der Waals surface area contributed by atoms with E-state index in [0.29, 0.717) is 28.2 Å². The fraction of sp³-hybridized carbons (Fsp3) is 0.148. The van der Waals surface area contributed by atoms with Gasteiger partial charge in [0, 0.05) is 29.2 Å². The molecule has 1 aliphatic rings. The molecule has 8 heteroatoms. The van der Waals surface area contributed by atoms with Gasteiger partial charge >= 0.3 is 11.9 Å². The number of benzene rings is 3. The lowest BCUT2D eigenvalue weighted by Crippen LogP contribution is -2.22. The maximum atomic E-state index is 13.0. The van der Waals surface area contributed by atoms with E-state index >= 15 is 0 Å². The normalized spacial score (nSPS) is 14.8. The van der Waals surface area contributed by atoms with Crippen molar-refractivity contribution in [1.29, 1.82) is 0 Å². The zero-order chi connectivity index (χ0) is 24.5. The summed E-state index contributed by atoms with van der Waals surface area (Å²) in [6, 6.07) is 18.6. The van der Waals surface area contributed by atoms with Crippen molar-refractivity contribution in [1.82, 2.24) is 0 Å². The van der Waals surface area contributed by atoms with E-state index in [1.54, 1.807) is 36.4 Å². The van der Waals surface area contributed by atoms with Crippen LogP contribution in [-0.2, 0) is 14.3 Å². The number of phenolic OH excluding ortho intramolecular Hbond substituents is 1. The first-order chi connectivity index (χ1) is 16.9. The second-order valence-corrected chi connectivity index (χ2v) is 8.02. The van der Waals surface area contributed by atoms with Crippen LogP contribution in [0.1, 0.15) is 23.5 Å². The topological polar surface area (TPSA) is 112 Å². The van der Waals surface area contributed by atoms with Crippen LogP contribution in [0, 0.1) is 0 Å². The second-order valence-electron chi connectivity index (χ2n) is 8.02. The van der Waals surface area contributed by atoms with Crippen molar-refractivity contribution in [2.45, 2.75) is 12.3 Å². The lowest BCUT2D eigenvalue weighted by molar-refractivity contribution is -0.143. The Morgan fingerprint density at radius 1 is 1.06 bits per heavy atom. The molecule has 0 saturated heterocycles. The van der Waals surface area contributed by atoms with Crippen LogP contribution >= 0.6 is 0 Å². The Morgan fingerprint density at radius 3 is 2.63 bits per heavy atom. The van der Waals surface area contributed by atoms with E-state index in [0.717, 1.165) is 0 Å². The molecule has 1 aliphatic heterocycles. The molecule has 0 unspecified atom stereocenters. The largest absolute Gasteiger partial charge is 0.507 e. The van der Waals surface area contributed by atoms with Gasteiger partial charge in [-0.25, -0.2) is 4.79 Å². The molecule has 0 amide bonds. The number of methoxy groups -OCH3 is 1. The van der Waals surface area contributed by atoms with E-state index in [4.69, 9.17) is 13.9 Å². The summed E-state index contributed by atoms with van der Waals surface area (Å²) in [5, 5.41) is 10.6. The Balaban J connectivity index is 1.69. The smallest absolute Gasteiger partial charge is 0.343 e. The van der Waals surface area contributed by atoms with Crippen LogP contribution in [0.3, 0.4) is 0 Å². The van der Waals surface area contributed by atoms with Crippen LogP contribution in [0.5, 0.6) is 17.2 Å². The molecule has 0 bridgehead atoms. The SMILES string of the molecule is COC(=O)COc1cccc([C@@H]2CC(=O)Oc3cc(O)c4c(=O)cc(-c5ccccc5)oc4c32)c1. The number of hydrogen-bond acceptors (Lipinski definition) is 8. The highest BCUT2D eigenvalue weighted by Crippen LogP contribution is 2.46. The summed E-state index contributed by atoms with van der Waals surface area (Å²) in [7, 11) is 1.27. The predicted molar refractivity (Wildman–Crippen MR) is 126 cm³/mol. The Kier molecular flexibility index (Phi) is 5.70. The maximum absolute atomic E-state index is 13.0. The molecule has 1 atom stereocenters. The first-order valence-corrected chi connectivity index (χ1v) is 10.8. The average Bonchev–Trinajstić information content (AvgIpc) is 2.87. The van der Waals surface area contributed by atoms with E-state index < -0.39 is 23.3 Å². The standard InChI is InChI=1S/C27H20O8/c1-32-24(31)14-33-17-9-5-8-16(10-17)18-11-23(30)34-22-13-20(29)26-19(28)12-21(35-27(26)25(18)22)15-6-3-2-4-7-15/h2-10,12-13,18,29H,11,14H2,1H3/t18-/m0/s1. The van der Waals surface area contributed by atoms with Crippen molar-refractivity contribution in [3.8, 4) is 28.6 Å². The minimum atomic E-state index is -0.551. The van der Waals surface area contributed by atoms with Crippen molar-refractivity contribution < 1.29 is 33.3 Å². The molecule has 0 aliphatic carbocycles. The van der Waals surface area contributed by atoms with E-state index in [1.165, 1.54) is 19.2 Å². The van der Waals surface area contributed by atoms with Gasteiger partial charge in [0.25, 0.3) is 0 Å². The number of aromatic hydroxyl groups is 1. The Morgan fingerprint density at radius 2 is 1.86 bits per heavy atom. The average molecular weight is 472 g/mol. The van der Waals surface area contributed by atoms with Crippen molar-refractivity contribution in [2.24, 2.45) is 0 Å². The van der Waals surface area contributed by atoms with Gasteiger partial charge in [0.15, 0.2) is 12.0 Å². The molecular formula is C27H20O8. The molecule has 1 aromatic heterocycles. The summed E-state index contributed by atoms with van der Waals surface area (Å²) in [4.78, 5) is 37.0. The summed E-state index contributed by atoms with van der Waals surface area (Å²) in [6.45, 7) is -0.268. The third kappa shape index (κ3) is 4.21. The fourth-order valence-corrected chi connectivity index (χ4v) is 4.21. The number of carbonyl (C=O) groups excluding carboxylic acids is 2. The zero-order valence-electron chi connectivity index (χ0n) is 18.6. The Bertz CT molecular complexity index is 1500. The number of carbonyl (C=O) groups is 2. The van der Waals surface area contributed by atoms with Gasteiger partial charge in [-0.1, -0.05) is 42.5 Å². The molecule has 0 saturated carbocycles. The summed E-state index contributed by atoms with van der Waals surface area (Å²) in [5.41, 5.74) is 1.56. The fourth-order valence-electron chi connectivity index (χ4n) is 4.21. The van der Waals surface area contributed by atoms with Gasteiger partial charge in [-0.3, -0.25) is 9.59 Å². The summed E-state index contributed by atoms with van der Waals surface area (Å²) >= 11 is 0. The van der Waals surface area contributed by atoms with Crippen LogP contribution in [0.2, 0.25) is 0 Å². The molecule has 35 heavy (non-hydrogen) atoms. The quantitative estimate of drug-likeness (QED) is 0.340. The van der Waals surface area contributed by atoms with Crippen LogP contribution in [0.4, 0.5) is 0 Å². The third-order valence-corrected chi connectivity index (χ3v) is 5.83. The highest BCUT2D eigenvalue weighted by atomic mass is 16.6. The molecule has 2 heterocycles. The van der Waals surface area contributed by atoms with Gasteiger partial charge in [-0.2, -0.15) is 0 Å². The lowest BCUT2D eigenvalue weighted by atomic mass is 9.85. The maximum Gasteiger partial charge on any atom is 0.343 e. The van der Waals surface area contributed by atoms with Crippen LogP contribution in [0.25, 0.3) is 22.3 Å². The second kappa shape index (κ2) is 8.98. The van der Waals surface area contributed by atoms with Crippen molar-refractivity contribution >= 4 is 22.9 Å². The minimum absolute atomic E-state index is 0.00414. The first-order valence-electron chi connectivity index (χ1n) is 10.8. The Hall–Kier alpha value is -4.59. The number of phenols is 1. The van der Waals surface area contributed by atoms with Gasteiger partial charge in [0.2, 0.25) is 0 Å². The molecular weight excluding hydrogens is 452 g/mol. The highest BCUT2D eigenvalue weighted by Gasteiger charge is 2.33. The number of fused-ring (bicyclic) bond motifs is 3. The van der Waals surface area contributed by atoms with Crippen molar-refractivity contribution in [3.05, 3.63) is 88.1 Å². The molecule has 3 aromatic carbocycles. The monoisotopic (exact) mass is 472 g/mol. The Labute approximate surface area is 199 Å². The number of esters is 2. The minimum Gasteiger partial charge on any atom is -0.507 e. The van der Waals surface area contributed by atoms with E-state index in [-0.39, 0.29) is 35.5 Å². The molecule has 176 valence electrons. The third-order valence-electron chi connectivity index (χ3n) is 5.83. The predicted octanol–water partition coefficient (Wildman–Crippen LogP) is 4.16. The van der Waals surface area contributed by atoms with Crippen LogP contribution in [-0.4, -0.2) is 30.8 Å². The number of ether oxygens (including phenoxy) is 3. The van der Waals surface area contributed by atoms with Crippen LogP contribution in [0.15, 0.2) is 75.9 Å².